The quantitative estimate of drug-likeness (QED) is 0.540. The van der Waals surface area contributed by atoms with Crippen molar-refractivity contribution in [3.05, 3.63) is 71.8 Å². The van der Waals surface area contributed by atoms with Gasteiger partial charge < -0.3 is 19.3 Å². The molecule has 7 heteroatoms. The topological polar surface area (TPSA) is 76.2 Å². The van der Waals surface area contributed by atoms with Crippen LogP contribution in [0.15, 0.2) is 60.7 Å². The molecule has 1 amide bonds. The second kappa shape index (κ2) is 10.2. The van der Waals surface area contributed by atoms with E-state index in [4.69, 9.17) is 4.74 Å². The molecule has 0 atom stereocenters. The standard InChI is InChI=1S/C23H24N2O5/c1-29-23(28)19-10-7-18(8-11-19)9-12-22(27)30-17-21(26)25-15-13-24(14-16-25)20-5-3-2-4-6-20/h2-12H,13-17H2,1H3/b12-9+. The number of esters is 2. The van der Waals surface area contributed by atoms with Crippen LogP contribution in [0.4, 0.5) is 5.69 Å². The number of para-hydroxylation sites is 1. The molecule has 1 saturated heterocycles. The van der Waals surface area contributed by atoms with E-state index in [-0.39, 0.29) is 12.5 Å². The molecule has 7 nitrogen and oxygen atoms in total. The molecule has 0 N–H and O–H groups in total. The SMILES string of the molecule is COC(=O)c1ccc(/C=C/C(=O)OCC(=O)N2CCN(c3ccccc3)CC2)cc1. The molecule has 1 fully saturated rings. The minimum atomic E-state index is -0.594. The summed E-state index contributed by atoms with van der Waals surface area (Å²) in [6.07, 6.45) is 2.82. The monoisotopic (exact) mass is 408 g/mol. The summed E-state index contributed by atoms with van der Waals surface area (Å²) in [5.74, 6) is -1.22. The third-order valence-electron chi connectivity index (χ3n) is 4.84. The molecule has 30 heavy (non-hydrogen) atoms. The summed E-state index contributed by atoms with van der Waals surface area (Å²) in [6.45, 7) is 2.38. The van der Waals surface area contributed by atoms with Crippen LogP contribution in [-0.4, -0.2) is 62.6 Å². The van der Waals surface area contributed by atoms with Crippen molar-refractivity contribution in [3.63, 3.8) is 0 Å². The minimum absolute atomic E-state index is 0.202. The van der Waals surface area contributed by atoms with Crippen molar-refractivity contribution < 1.29 is 23.9 Å². The van der Waals surface area contributed by atoms with Gasteiger partial charge in [0.1, 0.15) is 0 Å². The Bertz CT molecular complexity index is 901. The Morgan fingerprint density at radius 2 is 1.60 bits per heavy atom. The average molecular weight is 408 g/mol. The predicted molar refractivity (Wildman–Crippen MR) is 113 cm³/mol. The van der Waals surface area contributed by atoms with Crippen molar-refractivity contribution >= 4 is 29.6 Å². The number of carbonyl (C=O) groups is 3. The second-order valence-electron chi connectivity index (χ2n) is 6.76. The summed E-state index contributed by atoms with van der Waals surface area (Å²) >= 11 is 0. The fourth-order valence-electron chi connectivity index (χ4n) is 3.14. The van der Waals surface area contributed by atoms with E-state index in [0.29, 0.717) is 18.7 Å². The summed E-state index contributed by atoms with van der Waals surface area (Å²) in [6, 6.07) is 16.7. The van der Waals surface area contributed by atoms with Crippen LogP contribution in [-0.2, 0) is 19.1 Å². The molecule has 2 aromatic rings. The van der Waals surface area contributed by atoms with E-state index in [1.807, 2.05) is 18.2 Å². The summed E-state index contributed by atoms with van der Waals surface area (Å²) in [4.78, 5) is 39.6. The zero-order valence-corrected chi connectivity index (χ0v) is 16.8. The third kappa shape index (κ3) is 5.70. The zero-order chi connectivity index (χ0) is 21.3. The van der Waals surface area contributed by atoms with E-state index in [9.17, 15) is 14.4 Å². The largest absolute Gasteiger partial charge is 0.465 e. The Hall–Kier alpha value is -3.61. The van der Waals surface area contributed by atoms with E-state index in [1.54, 1.807) is 35.2 Å². The smallest absolute Gasteiger partial charge is 0.337 e. The molecule has 0 saturated carbocycles. The van der Waals surface area contributed by atoms with Gasteiger partial charge in [0.25, 0.3) is 5.91 Å². The number of piperazine rings is 1. The van der Waals surface area contributed by atoms with Gasteiger partial charge in [-0.15, -0.1) is 0 Å². The Kier molecular flexibility index (Phi) is 7.21. The van der Waals surface area contributed by atoms with E-state index in [2.05, 4.69) is 21.8 Å². The number of methoxy groups -OCH3 is 1. The molecule has 0 aliphatic carbocycles. The maximum absolute atomic E-state index is 12.3. The molecule has 1 heterocycles. The Balaban J connectivity index is 1.42. The number of ether oxygens (including phenoxy) is 2. The summed E-state index contributed by atoms with van der Waals surface area (Å²) < 4.78 is 9.70. The lowest BCUT2D eigenvalue weighted by Crippen LogP contribution is -2.49. The van der Waals surface area contributed by atoms with Gasteiger partial charge in [0.2, 0.25) is 0 Å². The van der Waals surface area contributed by atoms with E-state index >= 15 is 0 Å². The van der Waals surface area contributed by atoms with Crippen LogP contribution >= 0.6 is 0 Å². The lowest BCUT2D eigenvalue weighted by molar-refractivity contribution is -0.148. The van der Waals surface area contributed by atoms with Crippen molar-refractivity contribution in [1.29, 1.82) is 0 Å². The van der Waals surface area contributed by atoms with Crippen molar-refractivity contribution in [3.8, 4) is 0 Å². The van der Waals surface area contributed by atoms with Crippen LogP contribution in [0.1, 0.15) is 15.9 Å². The number of hydrogen-bond donors (Lipinski definition) is 0. The fraction of sp³-hybridized carbons (Fsp3) is 0.261. The molecule has 0 aromatic heterocycles. The molecule has 0 unspecified atom stereocenters. The number of amides is 1. The van der Waals surface area contributed by atoms with Gasteiger partial charge in [-0.1, -0.05) is 30.3 Å². The van der Waals surface area contributed by atoms with Gasteiger partial charge in [0.05, 0.1) is 12.7 Å². The van der Waals surface area contributed by atoms with Crippen LogP contribution < -0.4 is 4.90 Å². The normalized spacial score (nSPS) is 13.9. The van der Waals surface area contributed by atoms with Crippen LogP contribution in [0.25, 0.3) is 6.08 Å². The van der Waals surface area contributed by atoms with Gasteiger partial charge in [0, 0.05) is 37.9 Å². The van der Waals surface area contributed by atoms with Crippen molar-refractivity contribution in [2.24, 2.45) is 0 Å². The highest BCUT2D eigenvalue weighted by atomic mass is 16.5. The first kappa shape index (κ1) is 21.1. The summed E-state index contributed by atoms with van der Waals surface area (Å²) in [7, 11) is 1.32. The predicted octanol–water partition coefficient (Wildman–Crippen LogP) is 2.38. The van der Waals surface area contributed by atoms with E-state index < -0.39 is 11.9 Å². The van der Waals surface area contributed by atoms with Gasteiger partial charge in [0.15, 0.2) is 6.61 Å². The van der Waals surface area contributed by atoms with Crippen molar-refractivity contribution in [1.82, 2.24) is 4.90 Å². The molecule has 0 spiro atoms. The molecule has 0 bridgehead atoms. The third-order valence-corrected chi connectivity index (χ3v) is 4.84. The summed E-state index contributed by atoms with van der Waals surface area (Å²) in [5, 5.41) is 0. The highest BCUT2D eigenvalue weighted by molar-refractivity contribution is 5.91. The van der Waals surface area contributed by atoms with Gasteiger partial charge >= 0.3 is 11.9 Å². The van der Waals surface area contributed by atoms with E-state index in [1.165, 1.54) is 13.2 Å². The summed E-state index contributed by atoms with van der Waals surface area (Å²) in [5.41, 5.74) is 2.29. The first-order valence-corrected chi connectivity index (χ1v) is 9.68. The van der Waals surface area contributed by atoms with Crippen LogP contribution in [0.2, 0.25) is 0 Å². The fourth-order valence-corrected chi connectivity index (χ4v) is 3.14. The highest BCUT2D eigenvalue weighted by Crippen LogP contribution is 2.15. The number of rotatable bonds is 6. The molecule has 156 valence electrons. The number of hydrogen-bond acceptors (Lipinski definition) is 6. The molecular weight excluding hydrogens is 384 g/mol. The Labute approximate surface area is 175 Å². The first-order chi connectivity index (χ1) is 14.6. The van der Waals surface area contributed by atoms with Crippen LogP contribution in [0.5, 0.6) is 0 Å². The maximum atomic E-state index is 12.3. The highest BCUT2D eigenvalue weighted by Gasteiger charge is 2.21. The molecule has 1 aliphatic heterocycles. The van der Waals surface area contributed by atoms with Gasteiger partial charge in [-0.25, -0.2) is 9.59 Å². The second-order valence-corrected chi connectivity index (χ2v) is 6.76. The van der Waals surface area contributed by atoms with Gasteiger partial charge in [-0.05, 0) is 35.9 Å². The minimum Gasteiger partial charge on any atom is -0.465 e. The molecule has 3 rings (SSSR count). The molecule has 2 aromatic carbocycles. The zero-order valence-electron chi connectivity index (χ0n) is 16.8. The average Bonchev–Trinajstić information content (AvgIpc) is 2.81. The van der Waals surface area contributed by atoms with Crippen molar-refractivity contribution in [2.75, 3.05) is 44.8 Å². The molecular formula is C23H24N2O5. The van der Waals surface area contributed by atoms with E-state index in [0.717, 1.165) is 24.3 Å². The van der Waals surface area contributed by atoms with Gasteiger partial charge in [-0.2, -0.15) is 0 Å². The van der Waals surface area contributed by atoms with Crippen LogP contribution in [0, 0.1) is 0 Å². The lowest BCUT2D eigenvalue weighted by Gasteiger charge is -2.36. The number of anilines is 1. The Morgan fingerprint density at radius 1 is 0.933 bits per heavy atom. The maximum Gasteiger partial charge on any atom is 0.337 e. The lowest BCUT2D eigenvalue weighted by atomic mass is 10.1. The van der Waals surface area contributed by atoms with Gasteiger partial charge in [-0.3, -0.25) is 4.79 Å². The first-order valence-electron chi connectivity index (χ1n) is 9.68. The Morgan fingerprint density at radius 3 is 2.23 bits per heavy atom. The number of benzene rings is 2. The molecule has 0 radical (unpaired) electrons. The van der Waals surface area contributed by atoms with Crippen LogP contribution in [0.3, 0.4) is 0 Å². The number of nitrogens with zero attached hydrogens (tertiary/aromatic N) is 2. The van der Waals surface area contributed by atoms with Crippen molar-refractivity contribution in [2.45, 2.75) is 0 Å². The molecule has 1 aliphatic rings. The number of carbonyl (C=O) groups excluding carboxylic acids is 3.